The number of piperazine rings is 1. The molecule has 2 heterocycles. The predicted molar refractivity (Wildman–Crippen MR) is 98.6 cm³/mol. The fourth-order valence-corrected chi connectivity index (χ4v) is 3.20. The lowest BCUT2D eigenvalue weighted by Crippen LogP contribution is -2.49. The van der Waals surface area contributed by atoms with Gasteiger partial charge in [-0.25, -0.2) is 9.97 Å². The molecule has 7 nitrogen and oxygen atoms in total. The number of hydrogen-bond donors (Lipinski definition) is 3. The van der Waals surface area contributed by atoms with Crippen LogP contribution >= 0.6 is 0 Å². The van der Waals surface area contributed by atoms with Crippen LogP contribution in [0.25, 0.3) is 0 Å². The second-order valence-corrected chi connectivity index (χ2v) is 6.64. The van der Waals surface area contributed by atoms with Gasteiger partial charge in [0.15, 0.2) is 0 Å². The van der Waals surface area contributed by atoms with Crippen LogP contribution in [0.15, 0.2) is 42.7 Å². The molecule has 3 rings (SSSR count). The lowest BCUT2D eigenvalue weighted by atomic mass is 10.0. The molecule has 1 aromatic carbocycles. The molecule has 0 spiro atoms. The van der Waals surface area contributed by atoms with Crippen molar-refractivity contribution >= 4 is 5.95 Å². The van der Waals surface area contributed by atoms with E-state index in [1.54, 1.807) is 42.7 Å². The van der Waals surface area contributed by atoms with Crippen LogP contribution in [0, 0.1) is 0 Å². The first kappa shape index (κ1) is 18.7. The Labute approximate surface area is 153 Å². The van der Waals surface area contributed by atoms with Gasteiger partial charge in [0.1, 0.15) is 0 Å². The number of rotatable bonds is 7. The third kappa shape index (κ3) is 4.98. The van der Waals surface area contributed by atoms with Crippen LogP contribution in [0.1, 0.15) is 23.7 Å². The molecule has 0 bridgehead atoms. The Morgan fingerprint density at radius 3 is 2.23 bits per heavy atom. The Morgan fingerprint density at radius 2 is 1.62 bits per heavy atom. The number of aliphatic hydroxyl groups excluding tert-OH is 3. The largest absolute Gasteiger partial charge is 0.392 e. The van der Waals surface area contributed by atoms with Gasteiger partial charge < -0.3 is 20.2 Å². The number of aliphatic hydroxyl groups is 3. The molecular weight excluding hydrogens is 332 g/mol. The zero-order chi connectivity index (χ0) is 18.4. The van der Waals surface area contributed by atoms with Gasteiger partial charge >= 0.3 is 0 Å². The van der Waals surface area contributed by atoms with Crippen LogP contribution in [0.5, 0.6) is 0 Å². The summed E-state index contributed by atoms with van der Waals surface area (Å²) >= 11 is 0. The van der Waals surface area contributed by atoms with Crippen LogP contribution in [0.4, 0.5) is 5.95 Å². The summed E-state index contributed by atoms with van der Waals surface area (Å²) in [6.07, 6.45) is 2.47. The minimum absolute atomic E-state index is 0.0149. The number of nitrogens with zero attached hydrogens (tertiary/aromatic N) is 4. The Kier molecular flexibility index (Phi) is 6.51. The SMILES string of the molecule is OCc1ccc(C(O)CC(O)CN2CCN(c3ncccn3)CC2)cc1. The standard InChI is InChI=1S/C19H26N4O3/c24-14-15-2-4-16(5-3-15)18(26)12-17(25)13-22-8-10-23(11-9-22)19-20-6-1-7-21-19/h1-7,17-18,24-26H,8-14H2. The number of hydrogen-bond acceptors (Lipinski definition) is 7. The molecule has 0 amide bonds. The third-order valence-corrected chi connectivity index (χ3v) is 4.72. The summed E-state index contributed by atoms with van der Waals surface area (Å²) in [6.45, 7) is 3.82. The molecule has 2 atom stereocenters. The van der Waals surface area contributed by atoms with Gasteiger partial charge in [-0.2, -0.15) is 0 Å². The summed E-state index contributed by atoms with van der Waals surface area (Å²) in [6, 6.07) is 8.97. The molecule has 2 aromatic rings. The smallest absolute Gasteiger partial charge is 0.225 e. The normalized spacial score (nSPS) is 17.9. The Bertz CT molecular complexity index is 660. The molecular formula is C19H26N4O3. The van der Waals surface area contributed by atoms with Crippen molar-refractivity contribution in [3.05, 3.63) is 53.9 Å². The van der Waals surface area contributed by atoms with E-state index in [-0.39, 0.29) is 6.61 Å². The van der Waals surface area contributed by atoms with E-state index in [4.69, 9.17) is 5.11 Å². The van der Waals surface area contributed by atoms with Crippen LogP contribution in [-0.2, 0) is 6.61 Å². The van der Waals surface area contributed by atoms with E-state index in [2.05, 4.69) is 19.8 Å². The maximum Gasteiger partial charge on any atom is 0.225 e. The van der Waals surface area contributed by atoms with Crippen molar-refractivity contribution in [2.45, 2.75) is 25.2 Å². The number of benzene rings is 1. The van der Waals surface area contributed by atoms with Crippen LogP contribution in [-0.4, -0.2) is 69.0 Å². The van der Waals surface area contributed by atoms with E-state index in [0.29, 0.717) is 13.0 Å². The molecule has 7 heteroatoms. The zero-order valence-corrected chi connectivity index (χ0v) is 14.8. The van der Waals surface area contributed by atoms with Crippen molar-refractivity contribution < 1.29 is 15.3 Å². The van der Waals surface area contributed by atoms with Crippen molar-refractivity contribution in [1.82, 2.24) is 14.9 Å². The Balaban J connectivity index is 1.44. The topological polar surface area (TPSA) is 93.0 Å². The van der Waals surface area contributed by atoms with Gasteiger partial charge in [0, 0.05) is 51.5 Å². The molecule has 1 aliphatic heterocycles. The zero-order valence-electron chi connectivity index (χ0n) is 14.8. The molecule has 26 heavy (non-hydrogen) atoms. The quantitative estimate of drug-likeness (QED) is 0.666. The van der Waals surface area contributed by atoms with Gasteiger partial charge in [0.25, 0.3) is 0 Å². The summed E-state index contributed by atoms with van der Waals surface area (Å²) in [7, 11) is 0. The van der Waals surface area contributed by atoms with Crippen LogP contribution in [0.2, 0.25) is 0 Å². The monoisotopic (exact) mass is 358 g/mol. The van der Waals surface area contributed by atoms with Crippen molar-refractivity contribution in [3.63, 3.8) is 0 Å². The van der Waals surface area contributed by atoms with Crippen molar-refractivity contribution in [2.24, 2.45) is 0 Å². The highest BCUT2D eigenvalue weighted by Gasteiger charge is 2.22. The van der Waals surface area contributed by atoms with Gasteiger partial charge in [0.2, 0.25) is 5.95 Å². The van der Waals surface area contributed by atoms with Crippen molar-refractivity contribution in [1.29, 1.82) is 0 Å². The minimum atomic E-state index is -0.711. The van der Waals surface area contributed by atoms with Gasteiger partial charge in [0.05, 0.1) is 18.8 Å². The summed E-state index contributed by atoms with van der Waals surface area (Å²) in [4.78, 5) is 12.9. The Morgan fingerprint density at radius 1 is 0.962 bits per heavy atom. The summed E-state index contributed by atoms with van der Waals surface area (Å²) in [5.41, 5.74) is 1.56. The van der Waals surface area contributed by atoms with E-state index < -0.39 is 12.2 Å². The molecule has 2 unspecified atom stereocenters. The molecule has 0 aliphatic carbocycles. The lowest BCUT2D eigenvalue weighted by molar-refractivity contribution is 0.0521. The number of aromatic nitrogens is 2. The first-order valence-electron chi connectivity index (χ1n) is 8.96. The van der Waals surface area contributed by atoms with E-state index in [9.17, 15) is 10.2 Å². The maximum atomic E-state index is 10.3. The maximum absolute atomic E-state index is 10.3. The molecule has 0 radical (unpaired) electrons. The van der Waals surface area contributed by atoms with Gasteiger partial charge in [-0.1, -0.05) is 24.3 Å². The fourth-order valence-electron chi connectivity index (χ4n) is 3.20. The molecule has 3 N–H and O–H groups in total. The van der Waals surface area contributed by atoms with E-state index in [0.717, 1.165) is 43.3 Å². The highest BCUT2D eigenvalue weighted by Crippen LogP contribution is 2.20. The van der Waals surface area contributed by atoms with Crippen molar-refractivity contribution in [3.8, 4) is 0 Å². The van der Waals surface area contributed by atoms with E-state index in [1.165, 1.54) is 0 Å². The van der Waals surface area contributed by atoms with Crippen LogP contribution in [0.3, 0.4) is 0 Å². The van der Waals surface area contributed by atoms with Gasteiger partial charge in [-0.3, -0.25) is 4.90 Å². The summed E-state index contributed by atoms with van der Waals surface area (Å²) in [5.74, 6) is 0.745. The molecule has 1 aliphatic rings. The predicted octanol–water partition coefficient (Wildman–Crippen LogP) is 0.575. The summed E-state index contributed by atoms with van der Waals surface area (Å²) in [5, 5.41) is 29.7. The van der Waals surface area contributed by atoms with Crippen LogP contribution < -0.4 is 4.90 Å². The average Bonchev–Trinajstić information content (AvgIpc) is 2.69. The Hall–Kier alpha value is -2.06. The fraction of sp³-hybridized carbons (Fsp3) is 0.474. The second kappa shape index (κ2) is 9.05. The lowest BCUT2D eigenvalue weighted by Gasteiger charge is -2.35. The number of anilines is 1. The van der Waals surface area contributed by atoms with E-state index in [1.807, 2.05) is 0 Å². The number of β-amino-alcohol motifs (C(OH)–C–C–N with tert-alkyl or cyclic N) is 1. The highest BCUT2D eigenvalue weighted by molar-refractivity contribution is 5.29. The average molecular weight is 358 g/mol. The third-order valence-electron chi connectivity index (χ3n) is 4.72. The van der Waals surface area contributed by atoms with Crippen molar-refractivity contribution in [2.75, 3.05) is 37.6 Å². The first-order valence-corrected chi connectivity index (χ1v) is 8.96. The highest BCUT2D eigenvalue weighted by atomic mass is 16.3. The molecule has 140 valence electrons. The molecule has 0 saturated carbocycles. The molecule has 1 aromatic heterocycles. The minimum Gasteiger partial charge on any atom is -0.392 e. The molecule has 1 fully saturated rings. The molecule has 1 saturated heterocycles. The van der Waals surface area contributed by atoms with Gasteiger partial charge in [-0.15, -0.1) is 0 Å². The first-order chi connectivity index (χ1) is 12.7. The van der Waals surface area contributed by atoms with E-state index >= 15 is 0 Å². The summed E-state index contributed by atoms with van der Waals surface area (Å²) < 4.78 is 0. The second-order valence-electron chi connectivity index (χ2n) is 6.64. The van der Waals surface area contributed by atoms with Gasteiger partial charge in [-0.05, 0) is 17.2 Å².